The van der Waals surface area contributed by atoms with Gasteiger partial charge >= 0.3 is 0 Å². The van der Waals surface area contributed by atoms with Crippen molar-refractivity contribution in [2.75, 3.05) is 32.8 Å². The zero-order valence-corrected chi connectivity index (χ0v) is 25.5. The second kappa shape index (κ2) is 26.7. The Morgan fingerprint density at radius 3 is 2.20 bits per heavy atom. The molecule has 0 aromatic heterocycles. The third-order valence-corrected chi connectivity index (χ3v) is 6.29. The minimum atomic E-state index is -0.0606. The summed E-state index contributed by atoms with van der Waals surface area (Å²) in [6.07, 6.45) is 32.6. The molecule has 41 heavy (non-hydrogen) atoms. The zero-order chi connectivity index (χ0) is 30.6. The van der Waals surface area contributed by atoms with Gasteiger partial charge in [0.1, 0.15) is 18.1 Å². The van der Waals surface area contributed by atoms with E-state index in [4.69, 9.17) is 9.84 Å². The molecule has 0 saturated carbocycles. The Hall–Kier alpha value is -3.46. The number of Topliss-reactive ketones (excluding diaryl/α,β-unsaturated/α-hetero) is 2. The van der Waals surface area contributed by atoms with Crippen LogP contribution in [0.3, 0.4) is 0 Å². The van der Waals surface area contributed by atoms with Crippen molar-refractivity contribution in [2.45, 2.75) is 72.1 Å². The van der Waals surface area contributed by atoms with Gasteiger partial charge in [0.2, 0.25) is 0 Å². The van der Waals surface area contributed by atoms with Crippen molar-refractivity contribution in [3.63, 3.8) is 0 Å². The first-order valence-electron chi connectivity index (χ1n) is 14.7. The van der Waals surface area contributed by atoms with Crippen molar-refractivity contribution in [3.8, 4) is 18.6 Å². The Morgan fingerprint density at radius 1 is 0.927 bits per heavy atom. The lowest BCUT2D eigenvalue weighted by atomic mass is 10.0. The fourth-order valence-corrected chi connectivity index (χ4v) is 4.12. The molecule has 0 aliphatic carbocycles. The molecule has 0 bridgehead atoms. The van der Waals surface area contributed by atoms with E-state index in [0.717, 1.165) is 25.0 Å². The zero-order valence-electron chi connectivity index (χ0n) is 25.5. The molecule has 1 heterocycles. The Labute approximate surface area is 249 Å². The summed E-state index contributed by atoms with van der Waals surface area (Å²) in [7, 11) is 0. The average Bonchev–Trinajstić information content (AvgIpc) is 3.51. The summed E-state index contributed by atoms with van der Waals surface area (Å²) in [6.45, 7) is 9.74. The number of likely N-dealkylation sites (tertiary alicyclic amines) is 1. The Balaban J connectivity index is 0.000000784. The van der Waals surface area contributed by atoms with Gasteiger partial charge in [-0.15, -0.1) is 12.8 Å². The monoisotopic (exact) mass is 561 g/mol. The van der Waals surface area contributed by atoms with E-state index in [0.29, 0.717) is 25.0 Å². The van der Waals surface area contributed by atoms with Crippen molar-refractivity contribution in [2.24, 2.45) is 0 Å². The number of carbonyl (C=O) groups excluding carboxylic acids is 2. The topological polar surface area (TPSA) is 66.8 Å². The molecule has 5 nitrogen and oxygen atoms in total. The number of terminal acetylenes is 1. The molecular formula is C36H51NO4. The van der Waals surface area contributed by atoms with Crippen LogP contribution in [-0.4, -0.2) is 54.4 Å². The van der Waals surface area contributed by atoms with Crippen LogP contribution in [0.4, 0.5) is 0 Å². The van der Waals surface area contributed by atoms with E-state index in [-0.39, 0.29) is 18.2 Å². The lowest BCUT2D eigenvalue weighted by Crippen LogP contribution is -2.20. The van der Waals surface area contributed by atoms with E-state index >= 15 is 0 Å². The van der Waals surface area contributed by atoms with Gasteiger partial charge in [-0.25, -0.2) is 0 Å². The number of ketones is 2. The number of ether oxygens (including phenoxy) is 1. The van der Waals surface area contributed by atoms with Crippen molar-refractivity contribution in [3.05, 3.63) is 90.1 Å². The van der Waals surface area contributed by atoms with Gasteiger partial charge < -0.3 is 19.5 Å². The number of aliphatic hydroxyl groups is 1. The lowest BCUT2D eigenvalue weighted by Gasteiger charge is -2.14. The number of rotatable bonds is 17. The predicted molar refractivity (Wildman–Crippen MR) is 173 cm³/mol. The number of aryl methyl sites for hydroxylation is 1. The average molecular weight is 562 g/mol. The number of unbranched alkanes of at least 4 members (excludes halogenated alkanes) is 1. The number of hydrogen-bond acceptors (Lipinski definition) is 5. The minimum Gasteiger partial charge on any atom is -0.490 e. The van der Waals surface area contributed by atoms with Crippen LogP contribution in [0.15, 0.2) is 84.5 Å². The van der Waals surface area contributed by atoms with E-state index in [1.165, 1.54) is 44.5 Å². The molecule has 5 heteroatoms. The summed E-state index contributed by atoms with van der Waals surface area (Å²) in [5, 5.41) is 8.60. The first kappa shape index (κ1) is 37.5. The highest BCUT2D eigenvalue weighted by Gasteiger charge is 2.10. The second-order valence-electron chi connectivity index (χ2n) is 9.61. The molecule has 224 valence electrons. The summed E-state index contributed by atoms with van der Waals surface area (Å²) in [6, 6.07) is 8.54. The molecule has 0 atom stereocenters. The Bertz CT molecular complexity index is 990. The summed E-state index contributed by atoms with van der Waals surface area (Å²) >= 11 is 0. The molecule has 1 N–H and O–H groups in total. The molecular weight excluding hydrogens is 510 g/mol. The summed E-state index contributed by atoms with van der Waals surface area (Å²) in [5.74, 6) is 1.17. The van der Waals surface area contributed by atoms with E-state index in [1.807, 2.05) is 43.4 Å². The maximum atomic E-state index is 11.6. The largest absolute Gasteiger partial charge is 0.490 e. The maximum Gasteiger partial charge on any atom is 0.162 e. The van der Waals surface area contributed by atoms with E-state index in [2.05, 4.69) is 42.0 Å². The van der Waals surface area contributed by atoms with Gasteiger partial charge in [0.25, 0.3) is 0 Å². The number of benzene rings is 1. The molecule has 1 fully saturated rings. The molecule has 1 aromatic carbocycles. The van der Waals surface area contributed by atoms with Crippen LogP contribution in [-0.2, 0) is 16.0 Å². The summed E-state index contributed by atoms with van der Waals surface area (Å²) in [4.78, 5) is 24.9. The quantitative estimate of drug-likeness (QED) is 0.0941. The number of carbonyl (C=O) groups is 2. The van der Waals surface area contributed by atoms with Crippen LogP contribution < -0.4 is 4.74 Å². The molecule has 0 amide bonds. The predicted octanol–water partition coefficient (Wildman–Crippen LogP) is 7.23. The number of aliphatic hydroxyl groups excluding tert-OH is 1. The lowest BCUT2D eigenvalue weighted by molar-refractivity contribution is -0.118. The summed E-state index contributed by atoms with van der Waals surface area (Å²) in [5.41, 5.74) is 2.03. The Morgan fingerprint density at radius 2 is 1.59 bits per heavy atom. The smallest absolute Gasteiger partial charge is 0.162 e. The van der Waals surface area contributed by atoms with E-state index < -0.39 is 0 Å². The first-order chi connectivity index (χ1) is 20.0. The van der Waals surface area contributed by atoms with Gasteiger partial charge in [-0.1, -0.05) is 60.7 Å². The van der Waals surface area contributed by atoms with Crippen molar-refractivity contribution >= 4 is 11.6 Å². The number of nitrogens with zero attached hydrogens (tertiary/aromatic N) is 1. The minimum absolute atomic E-state index is 0.0606. The van der Waals surface area contributed by atoms with Gasteiger partial charge in [-0.3, -0.25) is 4.79 Å². The van der Waals surface area contributed by atoms with Gasteiger partial charge in [0.15, 0.2) is 5.78 Å². The molecule has 0 spiro atoms. The van der Waals surface area contributed by atoms with Gasteiger partial charge in [-0.2, -0.15) is 0 Å². The van der Waals surface area contributed by atoms with Crippen molar-refractivity contribution in [1.82, 2.24) is 4.90 Å². The third kappa shape index (κ3) is 21.0. The Kier molecular flexibility index (Phi) is 24.5. The number of allylic oxidation sites excluding steroid dienone is 8. The fourth-order valence-electron chi connectivity index (χ4n) is 4.12. The molecule has 1 aliphatic heterocycles. The normalized spacial score (nSPS) is 13.9. The molecule has 0 unspecified atom stereocenters. The first-order valence-corrected chi connectivity index (χ1v) is 14.7. The van der Waals surface area contributed by atoms with Crippen molar-refractivity contribution < 1.29 is 19.4 Å². The SMILES string of the molecule is C#C.C/C=C(\C=C/CO)C(=O)CCCCC(C)=O.C\C=C/C=C\C=C\COc1ccc(CCCN2CCCC2)cc1. The molecule has 0 radical (unpaired) electrons. The van der Waals surface area contributed by atoms with Crippen LogP contribution in [0.25, 0.3) is 0 Å². The van der Waals surface area contributed by atoms with Gasteiger partial charge in [0.05, 0.1) is 6.61 Å². The molecule has 1 aliphatic rings. The van der Waals surface area contributed by atoms with Crippen LogP contribution >= 0.6 is 0 Å². The second-order valence-corrected chi connectivity index (χ2v) is 9.61. The highest BCUT2D eigenvalue weighted by molar-refractivity contribution is 5.97. The van der Waals surface area contributed by atoms with Crippen LogP contribution in [0.1, 0.15) is 71.3 Å². The highest BCUT2D eigenvalue weighted by Crippen LogP contribution is 2.15. The third-order valence-electron chi connectivity index (χ3n) is 6.29. The van der Waals surface area contributed by atoms with Crippen LogP contribution in [0.2, 0.25) is 0 Å². The van der Waals surface area contributed by atoms with Gasteiger partial charge in [-0.05, 0) is 103 Å². The molecule has 2 rings (SSSR count). The van der Waals surface area contributed by atoms with E-state index in [1.54, 1.807) is 32.1 Å². The molecule has 1 aromatic rings. The highest BCUT2D eigenvalue weighted by atomic mass is 16.5. The van der Waals surface area contributed by atoms with Crippen molar-refractivity contribution in [1.29, 1.82) is 0 Å². The molecule has 1 saturated heterocycles. The van der Waals surface area contributed by atoms with E-state index in [9.17, 15) is 9.59 Å². The maximum absolute atomic E-state index is 11.6. The standard InChI is InChI=1S/C21H29NO.C13H20O3.C2H2/c1-2-3-4-5-6-9-19-23-21-14-12-20(13-15-21)11-10-18-22-16-7-8-17-22;1-3-12(8-6-10-14)13(16)9-5-4-7-11(2)15;1-2/h2-6,9,12-15H,7-8,10-11,16-19H2,1H3;3,6,8,14H,4-5,7,9-10H2,1-2H3;1-2H/b3-2-,5-4-,9-6+;8-6-,12-3+;. The number of hydrogen-bond donors (Lipinski definition) is 1. The van der Waals surface area contributed by atoms with Crippen LogP contribution in [0.5, 0.6) is 5.75 Å². The fraction of sp³-hybridized carbons (Fsp3) is 0.444. The van der Waals surface area contributed by atoms with Crippen LogP contribution in [0, 0.1) is 12.8 Å². The summed E-state index contributed by atoms with van der Waals surface area (Å²) < 4.78 is 5.71. The van der Waals surface area contributed by atoms with Gasteiger partial charge in [0, 0.05) is 18.4 Å².